The van der Waals surface area contributed by atoms with Gasteiger partial charge in [-0.15, -0.1) is 18.3 Å². The SMILES string of the molecule is C=CC(F)[C@H](N=CSC)C(C)CNc1ccc(C(=O)O)cc1NC[C@@H]1CCO1. The second kappa shape index (κ2) is 11.1. The van der Waals surface area contributed by atoms with Crippen LogP contribution in [0, 0.1) is 5.92 Å². The first-order valence-electron chi connectivity index (χ1n) is 9.24. The lowest BCUT2D eigenvalue weighted by molar-refractivity contribution is -0.0410. The molecule has 4 atom stereocenters. The standard InChI is InChI=1S/C20H28FN3O3S/c1-4-16(21)19(24-12-28-3)13(2)10-22-17-6-5-14(20(25)26)9-18(17)23-11-15-7-8-27-15/h4-6,9,12-13,15-16,19,22-23H,1,7-8,10-11H2,2-3H3,(H,25,26)/t13?,15-,16?,19+/m0/s1. The van der Waals surface area contributed by atoms with Crippen LogP contribution in [0.15, 0.2) is 35.8 Å². The summed E-state index contributed by atoms with van der Waals surface area (Å²) in [7, 11) is 0. The van der Waals surface area contributed by atoms with Crippen molar-refractivity contribution in [2.75, 3.05) is 36.6 Å². The molecule has 1 aliphatic heterocycles. The van der Waals surface area contributed by atoms with E-state index in [9.17, 15) is 14.3 Å². The highest BCUT2D eigenvalue weighted by Crippen LogP contribution is 2.26. The first-order valence-corrected chi connectivity index (χ1v) is 10.5. The molecule has 1 fully saturated rings. The quantitative estimate of drug-likeness (QED) is 0.276. The maximum Gasteiger partial charge on any atom is 0.335 e. The number of hydrogen-bond donors (Lipinski definition) is 3. The van der Waals surface area contributed by atoms with Gasteiger partial charge in [-0.05, 0) is 36.8 Å². The van der Waals surface area contributed by atoms with Gasteiger partial charge in [0.2, 0.25) is 0 Å². The number of rotatable bonds is 12. The van der Waals surface area contributed by atoms with Crippen LogP contribution in [-0.4, -0.2) is 60.9 Å². The molecule has 8 heteroatoms. The first kappa shape index (κ1) is 22.2. The lowest BCUT2D eigenvalue weighted by Gasteiger charge is -2.28. The number of aliphatic imine (C=N–C) groups is 1. The average Bonchev–Trinajstić information content (AvgIpc) is 2.65. The van der Waals surface area contributed by atoms with Crippen LogP contribution in [-0.2, 0) is 4.74 Å². The van der Waals surface area contributed by atoms with Crippen LogP contribution in [0.1, 0.15) is 23.7 Å². The Morgan fingerprint density at radius 1 is 1.50 bits per heavy atom. The van der Waals surface area contributed by atoms with Gasteiger partial charge in [0, 0.05) is 19.7 Å². The van der Waals surface area contributed by atoms with Gasteiger partial charge in [0.05, 0.1) is 34.6 Å². The largest absolute Gasteiger partial charge is 0.478 e. The fourth-order valence-electron chi connectivity index (χ4n) is 2.85. The van der Waals surface area contributed by atoms with Crippen LogP contribution in [0.4, 0.5) is 15.8 Å². The summed E-state index contributed by atoms with van der Waals surface area (Å²) in [6.07, 6.45) is 3.04. The van der Waals surface area contributed by atoms with Gasteiger partial charge in [0.25, 0.3) is 0 Å². The van der Waals surface area contributed by atoms with Crippen molar-refractivity contribution in [3.05, 3.63) is 36.4 Å². The summed E-state index contributed by atoms with van der Waals surface area (Å²) in [4.78, 5) is 15.6. The molecule has 1 heterocycles. The van der Waals surface area contributed by atoms with Gasteiger partial charge < -0.3 is 20.5 Å². The molecule has 0 saturated carbocycles. The number of aromatic carboxylic acids is 1. The molecule has 1 saturated heterocycles. The van der Waals surface area contributed by atoms with Crippen LogP contribution < -0.4 is 10.6 Å². The summed E-state index contributed by atoms with van der Waals surface area (Å²) >= 11 is 1.42. The molecule has 1 aliphatic rings. The van der Waals surface area contributed by atoms with E-state index >= 15 is 0 Å². The molecule has 28 heavy (non-hydrogen) atoms. The van der Waals surface area contributed by atoms with E-state index < -0.39 is 18.2 Å². The average molecular weight is 410 g/mol. The lowest BCUT2D eigenvalue weighted by Crippen LogP contribution is -2.34. The number of carbonyl (C=O) groups is 1. The van der Waals surface area contributed by atoms with Gasteiger partial charge in [-0.25, -0.2) is 9.18 Å². The molecule has 2 unspecified atom stereocenters. The van der Waals surface area contributed by atoms with Crippen molar-refractivity contribution >= 4 is 34.7 Å². The molecule has 1 aromatic carbocycles. The Morgan fingerprint density at radius 3 is 2.82 bits per heavy atom. The lowest BCUT2D eigenvalue weighted by atomic mass is 9.98. The molecular weight excluding hydrogens is 381 g/mol. The van der Waals surface area contributed by atoms with Crippen LogP contribution in [0.25, 0.3) is 0 Å². The Morgan fingerprint density at radius 2 is 2.25 bits per heavy atom. The Balaban J connectivity index is 2.08. The molecule has 3 N–H and O–H groups in total. The van der Waals surface area contributed by atoms with Gasteiger partial charge in [-0.3, -0.25) is 4.99 Å². The Labute approximate surface area is 169 Å². The highest BCUT2D eigenvalue weighted by atomic mass is 32.2. The minimum absolute atomic E-state index is 0.0987. The highest BCUT2D eigenvalue weighted by molar-refractivity contribution is 8.11. The van der Waals surface area contributed by atoms with E-state index in [-0.39, 0.29) is 17.6 Å². The maximum atomic E-state index is 14.2. The van der Waals surface area contributed by atoms with Crippen LogP contribution >= 0.6 is 11.8 Å². The number of benzene rings is 1. The molecule has 0 spiro atoms. The summed E-state index contributed by atoms with van der Waals surface area (Å²) in [6, 6.07) is 4.33. The molecule has 154 valence electrons. The van der Waals surface area contributed by atoms with Crippen molar-refractivity contribution in [3.63, 3.8) is 0 Å². The number of alkyl halides is 1. The van der Waals surface area contributed by atoms with Crippen molar-refractivity contribution in [2.24, 2.45) is 10.9 Å². The second-order valence-electron chi connectivity index (χ2n) is 6.75. The van der Waals surface area contributed by atoms with Crippen LogP contribution in [0.2, 0.25) is 0 Å². The summed E-state index contributed by atoms with van der Waals surface area (Å²) in [5.74, 6) is -1.08. The molecule has 0 aliphatic carbocycles. The van der Waals surface area contributed by atoms with E-state index in [0.717, 1.165) is 18.7 Å². The Bertz CT molecular complexity index is 697. The minimum atomic E-state index is -1.23. The van der Waals surface area contributed by atoms with E-state index in [0.29, 0.717) is 18.8 Å². The molecule has 1 aromatic rings. The summed E-state index contributed by atoms with van der Waals surface area (Å²) in [5.41, 5.74) is 3.29. The number of nitrogens with zero attached hydrogens (tertiary/aromatic N) is 1. The number of halogens is 1. The Hall–Kier alpha value is -2.06. The number of carboxylic acid groups (broad SMARTS) is 1. The minimum Gasteiger partial charge on any atom is -0.478 e. The fourth-order valence-corrected chi connectivity index (χ4v) is 3.11. The zero-order valence-corrected chi connectivity index (χ0v) is 17.0. The van der Waals surface area contributed by atoms with Crippen LogP contribution in [0.5, 0.6) is 0 Å². The van der Waals surface area contributed by atoms with E-state index in [1.807, 2.05) is 13.2 Å². The zero-order valence-electron chi connectivity index (χ0n) is 16.2. The van der Waals surface area contributed by atoms with Gasteiger partial charge >= 0.3 is 5.97 Å². The predicted molar refractivity (Wildman–Crippen MR) is 115 cm³/mol. The van der Waals surface area contributed by atoms with Crippen LogP contribution in [0.3, 0.4) is 0 Å². The monoisotopic (exact) mass is 409 g/mol. The fraction of sp³-hybridized carbons (Fsp3) is 0.500. The van der Waals surface area contributed by atoms with E-state index in [2.05, 4.69) is 22.2 Å². The maximum absolute atomic E-state index is 14.2. The third-order valence-electron chi connectivity index (χ3n) is 4.67. The Kier molecular flexibility index (Phi) is 8.79. The molecule has 0 aromatic heterocycles. The second-order valence-corrected chi connectivity index (χ2v) is 7.43. The van der Waals surface area contributed by atoms with Crippen molar-refractivity contribution in [1.29, 1.82) is 0 Å². The number of anilines is 2. The van der Waals surface area contributed by atoms with Gasteiger partial charge in [-0.1, -0.05) is 13.0 Å². The summed E-state index contributed by atoms with van der Waals surface area (Å²) in [6.45, 7) is 7.30. The molecule has 0 bridgehead atoms. The predicted octanol–water partition coefficient (Wildman–Crippen LogP) is 3.92. The normalized spacial score (nSPS) is 19.5. The number of ether oxygens (including phenoxy) is 1. The molecule has 0 amide bonds. The smallest absolute Gasteiger partial charge is 0.335 e. The van der Waals surface area contributed by atoms with Crippen molar-refractivity contribution in [3.8, 4) is 0 Å². The molecule has 2 rings (SSSR count). The highest BCUT2D eigenvalue weighted by Gasteiger charge is 2.24. The topological polar surface area (TPSA) is 83.0 Å². The number of thioether (sulfide) groups is 1. The first-order chi connectivity index (χ1) is 13.5. The van der Waals surface area contributed by atoms with Gasteiger partial charge in [0.15, 0.2) is 0 Å². The molecular formula is C20H28FN3O3S. The van der Waals surface area contributed by atoms with Crippen molar-refractivity contribution in [2.45, 2.75) is 31.7 Å². The van der Waals surface area contributed by atoms with E-state index in [4.69, 9.17) is 4.74 Å². The number of hydrogen-bond acceptors (Lipinski definition) is 6. The summed E-state index contributed by atoms with van der Waals surface area (Å²) in [5, 5.41) is 15.8. The number of nitrogens with one attached hydrogen (secondary N) is 2. The van der Waals surface area contributed by atoms with Crippen molar-refractivity contribution < 1.29 is 19.0 Å². The zero-order chi connectivity index (χ0) is 20.5. The van der Waals surface area contributed by atoms with E-state index in [1.54, 1.807) is 23.7 Å². The van der Waals surface area contributed by atoms with Gasteiger partial charge in [0.1, 0.15) is 6.17 Å². The molecule has 0 radical (unpaired) electrons. The molecule has 6 nitrogen and oxygen atoms in total. The third kappa shape index (κ3) is 6.24. The van der Waals surface area contributed by atoms with Crippen molar-refractivity contribution in [1.82, 2.24) is 0 Å². The number of carboxylic acids is 1. The van der Waals surface area contributed by atoms with Gasteiger partial charge in [-0.2, -0.15) is 0 Å². The van der Waals surface area contributed by atoms with E-state index in [1.165, 1.54) is 17.8 Å². The third-order valence-corrected chi connectivity index (χ3v) is 5.00. The summed E-state index contributed by atoms with van der Waals surface area (Å²) < 4.78 is 19.6.